The first kappa shape index (κ1) is 22.9. The van der Waals surface area contributed by atoms with E-state index in [-0.39, 0.29) is 11.8 Å². The SMILES string of the molecule is C[C@@H]1CCCN(CCCNC(=O)c2ccc3c(c2)NC(=O)/C(=C\c2cccc(Cl)c2)S3)C1. The van der Waals surface area contributed by atoms with Gasteiger partial charge in [-0.05, 0) is 80.2 Å². The molecule has 0 bridgehead atoms. The fourth-order valence-electron chi connectivity index (χ4n) is 4.15. The van der Waals surface area contributed by atoms with Gasteiger partial charge >= 0.3 is 0 Å². The smallest absolute Gasteiger partial charge is 0.262 e. The number of hydrogen-bond acceptors (Lipinski definition) is 4. The van der Waals surface area contributed by atoms with Gasteiger partial charge in [0.05, 0.1) is 10.6 Å². The molecule has 7 heteroatoms. The van der Waals surface area contributed by atoms with Crippen molar-refractivity contribution >= 4 is 46.9 Å². The first-order valence-corrected chi connectivity index (χ1v) is 12.3. The van der Waals surface area contributed by atoms with Crippen LogP contribution in [0.25, 0.3) is 6.08 Å². The van der Waals surface area contributed by atoms with E-state index >= 15 is 0 Å². The molecule has 0 spiro atoms. The molecule has 1 fully saturated rings. The molecular weight excluding hydrogens is 442 g/mol. The van der Waals surface area contributed by atoms with E-state index in [1.54, 1.807) is 12.1 Å². The summed E-state index contributed by atoms with van der Waals surface area (Å²) in [7, 11) is 0. The van der Waals surface area contributed by atoms with Gasteiger partial charge in [-0.15, -0.1) is 0 Å². The Morgan fingerprint density at radius 2 is 2.19 bits per heavy atom. The van der Waals surface area contributed by atoms with Crippen molar-refractivity contribution < 1.29 is 9.59 Å². The van der Waals surface area contributed by atoms with Crippen LogP contribution in [0.5, 0.6) is 0 Å². The number of rotatable bonds is 6. The second kappa shape index (κ2) is 10.6. The maximum Gasteiger partial charge on any atom is 0.262 e. The van der Waals surface area contributed by atoms with Crippen LogP contribution in [0.1, 0.15) is 42.1 Å². The van der Waals surface area contributed by atoms with Gasteiger partial charge in [-0.1, -0.05) is 42.4 Å². The molecule has 2 aromatic rings. The number of amides is 2. The number of hydrogen-bond donors (Lipinski definition) is 2. The Morgan fingerprint density at radius 1 is 1.31 bits per heavy atom. The fourth-order valence-corrected chi connectivity index (χ4v) is 5.28. The van der Waals surface area contributed by atoms with E-state index in [0.717, 1.165) is 42.4 Å². The van der Waals surface area contributed by atoms with E-state index in [4.69, 9.17) is 11.6 Å². The molecule has 2 heterocycles. The van der Waals surface area contributed by atoms with Crippen LogP contribution in [0, 0.1) is 5.92 Å². The summed E-state index contributed by atoms with van der Waals surface area (Å²) in [6, 6.07) is 12.8. The van der Waals surface area contributed by atoms with Gasteiger partial charge < -0.3 is 15.5 Å². The van der Waals surface area contributed by atoms with Crippen molar-refractivity contribution in [3.05, 3.63) is 63.5 Å². The van der Waals surface area contributed by atoms with Crippen LogP contribution in [0.2, 0.25) is 5.02 Å². The van der Waals surface area contributed by atoms with E-state index in [0.29, 0.717) is 27.7 Å². The predicted octanol–water partition coefficient (Wildman–Crippen LogP) is 5.28. The highest BCUT2D eigenvalue weighted by Gasteiger charge is 2.22. The lowest BCUT2D eigenvalue weighted by atomic mass is 10.0. The minimum atomic E-state index is -0.184. The van der Waals surface area contributed by atoms with Gasteiger partial charge in [0.25, 0.3) is 11.8 Å². The molecule has 0 aromatic heterocycles. The number of thioether (sulfide) groups is 1. The summed E-state index contributed by atoms with van der Waals surface area (Å²) in [4.78, 5) is 29.1. The van der Waals surface area contributed by atoms with Gasteiger partial charge in [-0.25, -0.2) is 0 Å². The molecule has 1 atom stereocenters. The molecule has 0 saturated carbocycles. The van der Waals surface area contributed by atoms with Crippen molar-refractivity contribution in [3.8, 4) is 0 Å². The number of nitrogens with one attached hydrogen (secondary N) is 2. The summed E-state index contributed by atoms with van der Waals surface area (Å²) in [5, 5.41) is 6.54. The third-order valence-electron chi connectivity index (χ3n) is 5.76. The fraction of sp³-hybridized carbons (Fsp3) is 0.360. The molecule has 2 aliphatic rings. The minimum absolute atomic E-state index is 0.112. The summed E-state index contributed by atoms with van der Waals surface area (Å²) >= 11 is 7.43. The van der Waals surface area contributed by atoms with Crippen molar-refractivity contribution in [2.45, 2.75) is 31.1 Å². The van der Waals surface area contributed by atoms with Crippen molar-refractivity contribution in [2.75, 3.05) is 31.5 Å². The summed E-state index contributed by atoms with van der Waals surface area (Å²) < 4.78 is 0. The molecule has 5 nitrogen and oxygen atoms in total. The second-order valence-corrected chi connectivity index (χ2v) is 10.0. The highest BCUT2D eigenvalue weighted by atomic mass is 35.5. The highest BCUT2D eigenvalue weighted by Crippen LogP contribution is 2.39. The van der Waals surface area contributed by atoms with Crippen LogP contribution in [0.4, 0.5) is 5.69 Å². The molecule has 1 saturated heterocycles. The van der Waals surface area contributed by atoms with Crippen molar-refractivity contribution in [1.82, 2.24) is 10.2 Å². The van der Waals surface area contributed by atoms with Gasteiger partial charge in [0, 0.05) is 28.6 Å². The first-order valence-electron chi connectivity index (χ1n) is 11.1. The molecule has 4 rings (SSSR count). The number of piperidine rings is 1. The van der Waals surface area contributed by atoms with E-state index < -0.39 is 0 Å². The lowest BCUT2D eigenvalue weighted by Crippen LogP contribution is -2.36. The zero-order chi connectivity index (χ0) is 22.5. The Hall–Kier alpha value is -2.28. The molecular formula is C25H28ClN3O2S. The zero-order valence-corrected chi connectivity index (χ0v) is 19.8. The van der Waals surface area contributed by atoms with Crippen LogP contribution < -0.4 is 10.6 Å². The monoisotopic (exact) mass is 469 g/mol. The van der Waals surface area contributed by atoms with Gasteiger partial charge in [0.1, 0.15) is 0 Å². The zero-order valence-electron chi connectivity index (χ0n) is 18.2. The predicted molar refractivity (Wildman–Crippen MR) is 132 cm³/mol. The number of benzene rings is 2. The topological polar surface area (TPSA) is 61.4 Å². The normalized spacial score (nSPS) is 20.0. The number of halogens is 1. The van der Waals surface area contributed by atoms with E-state index in [1.807, 2.05) is 36.4 Å². The molecule has 2 aromatic carbocycles. The van der Waals surface area contributed by atoms with E-state index in [2.05, 4.69) is 22.5 Å². The van der Waals surface area contributed by atoms with Crippen LogP contribution >= 0.6 is 23.4 Å². The number of carbonyl (C=O) groups is 2. The average molecular weight is 470 g/mol. The molecule has 32 heavy (non-hydrogen) atoms. The van der Waals surface area contributed by atoms with Crippen molar-refractivity contribution in [3.63, 3.8) is 0 Å². The van der Waals surface area contributed by atoms with Crippen molar-refractivity contribution in [2.24, 2.45) is 5.92 Å². The average Bonchev–Trinajstić information content (AvgIpc) is 2.77. The summed E-state index contributed by atoms with van der Waals surface area (Å²) in [5.41, 5.74) is 2.09. The van der Waals surface area contributed by atoms with E-state index in [1.165, 1.54) is 24.6 Å². The summed E-state index contributed by atoms with van der Waals surface area (Å²) in [5.74, 6) is 0.470. The standard InChI is InChI=1S/C25H28ClN3O2S/c1-17-5-3-11-29(16-17)12-4-10-27-24(30)19-8-9-22-21(15-19)28-25(31)23(32-22)14-18-6-2-7-20(26)13-18/h2,6-9,13-15,17H,3-5,10-12,16H2,1H3,(H,27,30)(H,28,31)/b23-14+/t17-/m1/s1. The van der Waals surface area contributed by atoms with Gasteiger partial charge in [-0.3, -0.25) is 9.59 Å². The number of nitrogens with zero attached hydrogens (tertiary/aromatic N) is 1. The molecule has 2 aliphatic heterocycles. The van der Waals surface area contributed by atoms with Gasteiger partial charge in [0.2, 0.25) is 0 Å². The van der Waals surface area contributed by atoms with Gasteiger partial charge in [-0.2, -0.15) is 0 Å². The first-order chi connectivity index (χ1) is 15.5. The molecule has 168 valence electrons. The van der Waals surface area contributed by atoms with Crippen LogP contribution in [0.15, 0.2) is 52.3 Å². The van der Waals surface area contributed by atoms with Crippen LogP contribution in [-0.2, 0) is 4.79 Å². The summed E-state index contributed by atoms with van der Waals surface area (Å²) in [6.07, 6.45) is 5.34. The molecule has 0 aliphatic carbocycles. The largest absolute Gasteiger partial charge is 0.352 e. The second-order valence-electron chi connectivity index (χ2n) is 8.49. The molecule has 2 N–H and O–H groups in total. The third kappa shape index (κ3) is 5.94. The highest BCUT2D eigenvalue weighted by molar-refractivity contribution is 8.04. The maximum absolute atomic E-state index is 12.6. The van der Waals surface area contributed by atoms with Crippen molar-refractivity contribution in [1.29, 1.82) is 0 Å². The third-order valence-corrected chi connectivity index (χ3v) is 7.09. The minimum Gasteiger partial charge on any atom is -0.352 e. The van der Waals surface area contributed by atoms with Crippen LogP contribution in [-0.4, -0.2) is 42.9 Å². The number of likely N-dealkylation sites (tertiary alicyclic amines) is 1. The Labute approximate surface area is 198 Å². The lowest BCUT2D eigenvalue weighted by Gasteiger charge is -2.30. The number of anilines is 1. The van der Waals surface area contributed by atoms with Crippen LogP contribution in [0.3, 0.4) is 0 Å². The Morgan fingerprint density at radius 3 is 3.00 bits per heavy atom. The molecule has 0 unspecified atom stereocenters. The maximum atomic E-state index is 12.6. The lowest BCUT2D eigenvalue weighted by molar-refractivity contribution is -0.112. The Kier molecular flexibility index (Phi) is 7.55. The Balaban J connectivity index is 1.33. The van der Waals surface area contributed by atoms with E-state index in [9.17, 15) is 9.59 Å². The van der Waals surface area contributed by atoms with Gasteiger partial charge in [0.15, 0.2) is 0 Å². The molecule has 0 radical (unpaired) electrons. The Bertz CT molecular complexity index is 1040. The molecule has 2 amide bonds. The number of fused-ring (bicyclic) bond motifs is 1. The summed E-state index contributed by atoms with van der Waals surface area (Å²) in [6.45, 7) is 6.28. The quantitative estimate of drug-likeness (QED) is 0.446. The number of carbonyl (C=O) groups excluding carboxylic acids is 2.